The van der Waals surface area contributed by atoms with Crippen LogP contribution in [0.1, 0.15) is 341 Å². The van der Waals surface area contributed by atoms with Crippen LogP contribution in [-0.2, 0) is 14.3 Å². The van der Waals surface area contributed by atoms with Gasteiger partial charge < -0.3 is 20.3 Å². The van der Waals surface area contributed by atoms with E-state index < -0.39 is 12.1 Å². The largest absolute Gasteiger partial charge is 0.466 e. The lowest BCUT2D eigenvalue weighted by Crippen LogP contribution is -2.45. The third-order valence-electron chi connectivity index (χ3n) is 14.5. The zero-order valence-electron chi connectivity index (χ0n) is 46.6. The maximum atomic E-state index is 12.4. The molecule has 0 bridgehead atoms. The van der Waals surface area contributed by atoms with Crippen LogP contribution in [0.2, 0.25) is 0 Å². The molecule has 0 rings (SSSR count). The molecule has 0 spiro atoms. The van der Waals surface area contributed by atoms with E-state index in [1.54, 1.807) is 6.08 Å². The molecule has 6 nitrogen and oxygen atoms in total. The topological polar surface area (TPSA) is 95.9 Å². The Hall–Kier alpha value is -1.66. The molecule has 0 aliphatic carbocycles. The first kappa shape index (κ1) is 67.3. The van der Waals surface area contributed by atoms with Crippen molar-refractivity contribution in [1.82, 2.24) is 5.32 Å². The Balaban J connectivity index is 3.33. The average Bonchev–Trinajstić information content (AvgIpc) is 3.35. The fourth-order valence-electron chi connectivity index (χ4n) is 9.69. The number of aliphatic hydroxyl groups is 2. The quantitative estimate of drug-likeness (QED) is 0.0321. The van der Waals surface area contributed by atoms with Crippen LogP contribution < -0.4 is 5.32 Å². The highest BCUT2D eigenvalue weighted by Crippen LogP contribution is 2.18. The van der Waals surface area contributed by atoms with Gasteiger partial charge in [-0.1, -0.05) is 295 Å². The molecule has 3 N–H and O–H groups in total. The summed E-state index contributed by atoms with van der Waals surface area (Å²) >= 11 is 0. The maximum Gasteiger partial charge on any atom is 0.305 e. The van der Waals surface area contributed by atoms with E-state index in [0.717, 1.165) is 38.5 Å². The van der Waals surface area contributed by atoms with Crippen molar-refractivity contribution in [3.63, 3.8) is 0 Å². The second kappa shape index (κ2) is 58.9. The smallest absolute Gasteiger partial charge is 0.305 e. The summed E-state index contributed by atoms with van der Waals surface area (Å²) in [5.41, 5.74) is 0. The van der Waals surface area contributed by atoms with Crippen LogP contribution in [0.3, 0.4) is 0 Å². The van der Waals surface area contributed by atoms with Crippen LogP contribution in [0, 0.1) is 0 Å². The first-order valence-corrected chi connectivity index (χ1v) is 31.1. The standard InChI is InChI=1S/C63H121NO5/c1-3-5-7-9-11-13-14-15-16-17-24-28-31-34-37-41-45-49-53-57-63(68)69-58-54-50-46-42-38-35-32-29-26-23-21-19-18-20-22-25-27-30-33-36-40-44-48-52-56-62(67)64-60(59-65)61(66)55-51-47-43-39-12-10-8-6-4-2/h15-16,51,55,60-61,65-66H,3-14,17-50,52-54,56-59H2,1-2H3,(H,64,67)/b16-15-,55-51+. The van der Waals surface area contributed by atoms with Crippen LogP contribution in [-0.4, -0.2) is 47.4 Å². The molecule has 6 heteroatoms. The van der Waals surface area contributed by atoms with Crippen LogP contribution >= 0.6 is 0 Å². The Morgan fingerprint density at radius 2 is 0.681 bits per heavy atom. The molecule has 0 aliphatic rings. The third kappa shape index (κ3) is 55.5. The molecule has 0 aromatic carbocycles. The molecular weight excluding hydrogens is 851 g/mol. The number of unbranched alkanes of at least 4 members (excludes halogenated alkanes) is 45. The summed E-state index contributed by atoms with van der Waals surface area (Å²) in [7, 11) is 0. The van der Waals surface area contributed by atoms with Crippen LogP contribution in [0.5, 0.6) is 0 Å². The first-order chi connectivity index (χ1) is 34.0. The van der Waals surface area contributed by atoms with Gasteiger partial charge in [0.2, 0.25) is 5.91 Å². The van der Waals surface area contributed by atoms with Gasteiger partial charge >= 0.3 is 5.97 Å². The van der Waals surface area contributed by atoms with E-state index in [9.17, 15) is 19.8 Å². The van der Waals surface area contributed by atoms with E-state index in [4.69, 9.17) is 4.74 Å². The van der Waals surface area contributed by atoms with Crippen molar-refractivity contribution in [3.05, 3.63) is 24.3 Å². The normalized spacial score (nSPS) is 12.7. The monoisotopic (exact) mass is 972 g/mol. The predicted molar refractivity (Wildman–Crippen MR) is 301 cm³/mol. The van der Waals surface area contributed by atoms with Crippen LogP contribution in [0.25, 0.3) is 0 Å². The molecule has 2 unspecified atom stereocenters. The molecule has 0 aromatic heterocycles. The summed E-state index contributed by atoms with van der Waals surface area (Å²) in [6.45, 7) is 4.89. The number of esters is 1. The zero-order valence-corrected chi connectivity index (χ0v) is 46.6. The fourth-order valence-corrected chi connectivity index (χ4v) is 9.69. The van der Waals surface area contributed by atoms with Crippen LogP contribution in [0.15, 0.2) is 24.3 Å². The number of hydrogen-bond acceptors (Lipinski definition) is 5. The Bertz CT molecular complexity index is 1080. The minimum absolute atomic E-state index is 0.0147. The second-order valence-corrected chi connectivity index (χ2v) is 21.4. The van der Waals surface area contributed by atoms with Gasteiger partial charge in [-0.25, -0.2) is 0 Å². The van der Waals surface area contributed by atoms with Crippen molar-refractivity contribution in [2.75, 3.05) is 13.2 Å². The third-order valence-corrected chi connectivity index (χ3v) is 14.5. The molecule has 0 radical (unpaired) electrons. The number of rotatable bonds is 58. The van der Waals surface area contributed by atoms with Crippen molar-refractivity contribution in [1.29, 1.82) is 0 Å². The summed E-state index contributed by atoms with van der Waals surface area (Å²) in [5, 5.41) is 22.9. The number of ether oxygens (including phenoxy) is 1. The molecule has 0 saturated carbocycles. The lowest BCUT2D eigenvalue weighted by atomic mass is 10.0. The van der Waals surface area contributed by atoms with E-state index in [1.165, 1.54) is 276 Å². The Labute approximate surface area is 431 Å². The van der Waals surface area contributed by atoms with Gasteiger partial charge in [0, 0.05) is 12.8 Å². The van der Waals surface area contributed by atoms with E-state index >= 15 is 0 Å². The maximum absolute atomic E-state index is 12.4. The molecule has 2 atom stereocenters. The van der Waals surface area contributed by atoms with Gasteiger partial charge in [-0.15, -0.1) is 0 Å². The molecular formula is C63H121NO5. The molecule has 1 amide bonds. The summed E-state index contributed by atoms with van der Waals surface area (Å²) in [4.78, 5) is 24.5. The first-order valence-electron chi connectivity index (χ1n) is 31.1. The van der Waals surface area contributed by atoms with E-state index in [0.29, 0.717) is 19.4 Å². The molecule has 0 aromatic rings. The Kier molecular flexibility index (Phi) is 57.5. The number of aliphatic hydroxyl groups excluding tert-OH is 2. The van der Waals surface area contributed by atoms with E-state index in [1.807, 2.05) is 6.08 Å². The number of carbonyl (C=O) groups excluding carboxylic acids is 2. The van der Waals surface area contributed by atoms with Gasteiger partial charge in [-0.3, -0.25) is 9.59 Å². The molecule has 0 fully saturated rings. The van der Waals surface area contributed by atoms with Crippen molar-refractivity contribution < 1.29 is 24.5 Å². The van der Waals surface area contributed by atoms with E-state index in [2.05, 4.69) is 31.3 Å². The highest BCUT2D eigenvalue weighted by Gasteiger charge is 2.18. The molecule has 69 heavy (non-hydrogen) atoms. The number of allylic oxidation sites excluding steroid dienone is 3. The van der Waals surface area contributed by atoms with E-state index in [-0.39, 0.29) is 18.5 Å². The van der Waals surface area contributed by atoms with Crippen molar-refractivity contribution >= 4 is 11.9 Å². The summed E-state index contributed by atoms with van der Waals surface area (Å²) in [5.74, 6) is -0.0539. The minimum atomic E-state index is -0.841. The highest BCUT2D eigenvalue weighted by molar-refractivity contribution is 5.76. The zero-order chi connectivity index (χ0) is 50.0. The van der Waals surface area contributed by atoms with Gasteiger partial charge in [0.05, 0.1) is 25.4 Å². The number of hydrogen-bond donors (Lipinski definition) is 3. The SMILES string of the molecule is CCCCCCCC/C=C\CCCCCCCCCCCC(=O)OCCCCCCCCCCCCCCCCCCCCCCCCCCC(=O)NC(CO)C(O)/C=C/CCCCCCCCC. The Morgan fingerprint density at radius 1 is 0.391 bits per heavy atom. The molecule has 0 saturated heterocycles. The minimum Gasteiger partial charge on any atom is -0.466 e. The Morgan fingerprint density at radius 3 is 1.03 bits per heavy atom. The van der Waals surface area contributed by atoms with Gasteiger partial charge in [0.15, 0.2) is 0 Å². The molecule has 0 aliphatic heterocycles. The number of nitrogens with one attached hydrogen (secondary N) is 1. The van der Waals surface area contributed by atoms with Gasteiger partial charge in [-0.05, 0) is 57.8 Å². The summed E-state index contributed by atoms with van der Waals surface area (Å²) in [6.07, 6.45) is 72.4. The lowest BCUT2D eigenvalue weighted by molar-refractivity contribution is -0.143. The van der Waals surface area contributed by atoms with Crippen molar-refractivity contribution in [3.8, 4) is 0 Å². The second-order valence-electron chi connectivity index (χ2n) is 21.4. The summed E-state index contributed by atoms with van der Waals surface area (Å²) in [6, 6.07) is -0.624. The summed E-state index contributed by atoms with van der Waals surface area (Å²) < 4.78 is 5.50. The van der Waals surface area contributed by atoms with Crippen molar-refractivity contribution in [2.24, 2.45) is 0 Å². The molecule has 0 heterocycles. The lowest BCUT2D eigenvalue weighted by Gasteiger charge is -2.20. The number of amides is 1. The highest BCUT2D eigenvalue weighted by atomic mass is 16.5. The average molecular weight is 973 g/mol. The van der Waals surface area contributed by atoms with Crippen molar-refractivity contribution in [2.45, 2.75) is 353 Å². The molecule has 408 valence electrons. The van der Waals surface area contributed by atoms with Crippen LogP contribution in [0.4, 0.5) is 0 Å². The fraction of sp³-hybridized carbons (Fsp3) is 0.905. The van der Waals surface area contributed by atoms with Gasteiger partial charge in [-0.2, -0.15) is 0 Å². The number of carbonyl (C=O) groups is 2. The predicted octanol–water partition coefficient (Wildman–Crippen LogP) is 19.4. The van der Waals surface area contributed by atoms with Gasteiger partial charge in [0.1, 0.15) is 0 Å². The van der Waals surface area contributed by atoms with Gasteiger partial charge in [0.25, 0.3) is 0 Å².